The number of nitrogens with zero attached hydrogens (tertiary/aromatic N) is 4. The number of piperazine rings is 1. The van der Waals surface area contributed by atoms with Crippen LogP contribution in [-0.2, 0) is 52.3 Å². The fourth-order valence-corrected chi connectivity index (χ4v) is 8.29. The van der Waals surface area contributed by atoms with Gasteiger partial charge in [0.1, 0.15) is 18.4 Å². The summed E-state index contributed by atoms with van der Waals surface area (Å²) in [7, 11) is 0.0763. The predicted octanol–water partition coefficient (Wildman–Crippen LogP) is 5.90. The Hall–Kier alpha value is -4.91. The van der Waals surface area contributed by atoms with Gasteiger partial charge in [0.05, 0.1) is 26.3 Å². The van der Waals surface area contributed by atoms with E-state index in [0.29, 0.717) is 18.6 Å². The summed E-state index contributed by atoms with van der Waals surface area (Å²) in [5.41, 5.74) is 3.53. The zero-order chi connectivity index (χ0) is 40.7. The molecule has 0 aliphatic carbocycles. The summed E-state index contributed by atoms with van der Waals surface area (Å²) in [5.74, 6) is -0.956. The number of amides is 4. The van der Waals surface area contributed by atoms with Gasteiger partial charge >= 0.3 is 7.60 Å². The predicted molar refractivity (Wildman–Crippen MR) is 219 cm³/mol. The van der Waals surface area contributed by atoms with Crippen LogP contribution in [0, 0.1) is 0 Å². The molecule has 0 spiro atoms. The normalized spacial score (nSPS) is 17.0. The van der Waals surface area contributed by atoms with E-state index in [0.717, 1.165) is 28.4 Å². The van der Waals surface area contributed by atoms with Crippen LogP contribution < -0.4 is 10.6 Å². The first-order valence-electron chi connectivity index (χ1n) is 19.1. The summed E-state index contributed by atoms with van der Waals surface area (Å²) in [5, 5.41) is 10.9. The summed E-state index contributed by atoms with van der Waals surface area (Å²) < 4.78 is 23.2. The van der Waals surface area contributed by atoms with E-state index >= 15 is 0 Å². The molecule has 2 N–H and O–H groups in total. The second kappa shape index (κ2) is 21.4. The number of nitrogens with one attached hydrogen (secondary N) is 2. The van der Waals surface area contributed by atoms with E-state index in [1.807, 2.05) is 81.6 Å². The smallest absolute Gasteiger partial charge is 0.333 e. The van der Waals surface area contributed by atoms with Crippen LogP contribution in [0.3, 0.4) is 0 Å². The van der Waals surface area contributed by atoms with Gasteiger partial charge in [-0.25, -0.2) is 5.01 Å². The van der Waals surface area contributed by atoms with Crippen LogP contribution in [0.5, 0.6) is 0 Å². The highest BCUT2D eigenvalue weighted by molar-refractivity contribution is 7.54. The molecule has 2 aliphatic heterocycles. The Morgan fingerprint density at radius 1 is 0.875 bits per heavy atom. The highest BCUT2D eigenvalue weighted by Crippen LogP contribution is 2.47. The third-order valence-corrected chi connectivity index (χ3v) is 11.2. The molecule has 56 heavy (non-hydrogen) atoms. The van der Waals surface area contributed by atoms with Crippen LogP contribution in [0.1, 0.15) is 44.4 Å². The van der Waals surface area contributed by atoms with Crippen molar-refractivity contribution < 1.29 is 32.8 Å². The van der Waals surface area contributed by atoms with E-state index in [-0.39, 0.29) is 44.5 Å². The van der Waals surface area contributed by atoms with Crippen LogP contribution in [0.2, 0.25) is 0 Å². The molecule has 4 amide bonds. The van der Waals surface area contributed by atoms with E-state index in [4.69, 9.17) is 9.05 Å². The van der Waals surface area contributed by atoms with Gasteiger partial charge in [-0.05, 0) is 60.5 Å². The molecule has 1 unspecified atom stereocenters. The third kappa shape index (κ3) is 11.3. The van der Waals surface area contributed by atoms with Crippen molar-refractivity contribution in [1.82, 2.24) is 25.1 Å². The van der Waals surface area contributed by atoms with Crippen molar-refractivity contribution in [2.75, 3.05) is 51.9 Å². The van der Waals surface area contributed by atoms with E-state index in [2.05, 4.69) is 22.8 Å². The zero-order valence-corrected chi connectivity index (χ0v) is 34.1. The second-order valence-corrected chi connectivity index (χ2v) is 15.1. The Balaban J connectivity index is 0.000000550. The quantitative estimate of drug-likeness (QED) is 0.118. The number of hydrogen-bond acceptors (Lipinski definition) is 9. The second-order valence-electron chi connectivity index (χ2n) is 13.0. The Bertz CT molecular complexity index is 1930. The summed E-state index contributed by atoms with van der Waals surface area (Å²) in [6.07, 6.45) is -0.168. The van der Waals surface area contributed by atoms with Crippen LogP contribution in [0.15, 0.2) is 97.1 Å². The van der Waals surface area contributed by atoms with Crippen molar-refractivity contribution in [2.45, 2.75) is 59.4 Å². The van der Waals surface area contributed by atoms with Crippen LogP contribution in [-0.4, -0.2) is 103 Å². The van der Waals surface area contributed by atoms with Crippen molar-refractivity contribution in [3.63, 3.8) is 0 Å². The van der Waals surface area contributed by atoms with Gasteiger partial charge < -0.3 is 29.5 Å². The van der Waals surface area contributed by atoms with Gasteiger partial charge in [0.2, 0.25) is 24.1 Å². The highest BCUT2D eigenvalue weighted by atomic mass is 31.2. The molecule has 0 saturated carbocycles. The van der Waals surface area contributed by atoms with Gasteiger partial charge in [-0.3, -0.25) is 28.8 Å². The maximum Gasteiger partial charge on any atom is 0.340 e. The Morgan fingerprint density at radius 3 is 2.16 bits per heavy atom. The van der Waals surface area contributed by atoms with Crippen molar-refractivity contribution in [2.24, 2.45) is 0 Å². The lowest BCUT2D eigenvalue weighted by molar-refractivity contribution is -0.196. The molecule has 2 fully saturated rings. The lowest BCUT2D eigenvalue weighted by atomic mass is 9.97. The minimum atomic E-state index is -3.55. The number of fused-ring (bicyclic) bond motifs is 2. The van der Waals surface area contributed by atoms with E-state index in [9.17, 15) is 23.7 Å². The molecule has 2 aliphatic rings. The molecule has 13 nitrogen and oxygen atoms in total. The maximum absolute atomic E-state index is 14.1. The molecule has 2 atom stereocenters. The average molecular weight is 787 g/mol. The molecular weight excluding hydrogens is 731 g/mol. The van der Waals surface area contributed by atoms with Gasteiger partial charge in [0.15, 0.2) is 0 Å². The number of benzene rings is 4. The van der Waals surface area contributed by atoms with E-state index < -0.39 is 31.9 Å². The fourth-order valence-electron chi connectivity index (χ4n) is 6.81. The lowest BCUT2D eigenvalue weighted by Crippen LogP contribution is -2.74. The number of hydrogen-bond donors (Lipinski definition) is 2. The van der Waals surface area contributed by atoms with Crippen LogP contribution in [0.4, 0.5) is 5.69 Å². The number of carbonyl (C=O) groups is 4. The lowest BCUT2D eigenvalue weighted by Gasteiger charge is -2.53. The number of likely N-dealkylation sites (N-methyl/N-ethyl adjacent to an activating group) is 1. The van der Waals surface area contributed by atoms with Gasteiger partial charge in [-0.1, -0.05) is 98.8 Å². The molecule has 0 radical (unpaired) electrons. The number of rotatable bonds is 14. The van der Waals surface area contributed by atoms with E-state index in [1.165, 1.54) is 15.5 Å². The summed E-state index contributed by atoms with van der Waals surface area (Å²) >= 11 is 0. The minimum Gasteiger partial charge on any atom is -0.333 e. The number of carbonyl (C=O) groups excluding carboxylic acids is 4. The van der Waals surface area contributed by atoms with Crippen LogP contribution >= 0.6 is 7.60 Å². The Kier molecular flexibility index (Phi) is 16.7. The maximum atomic E-state index is 14.1. The van der Waals surface area contributed by atoms with Gasteiger partial charge in [-0.2, -0.15) is 0 Å². The molecule has 2 saturated heterocycles. The minimum absolute atomic E-state index is 0.0271. The van der Waals surface area contributed by atoms with Crippen molar-refractivity contribution in [3.05, 3.63) is 114 Å². The molecule has 6 rings (SSSR count). The molecule has 14 heteroatoms. The monoisotopic (exact) mass is 786 g/mol. The number of anilines is 1. The Labute approximate surface area is 330 Å². The van der Waals surface area contributed by atoms with Crippen molar-refractivity contribution in [1.29, 1.82) is 0 Å². The topological polar surface area (TPSA) is 141 Å². The number of hydrazine groups is 1. The largest absolute Gasteiger partial charge is 0.340 e. The molecule has 300 valence electrons. The molecule has 4 aromatic rings. The SMILES string of the molecule is CC.CCOP(=O)(CC(=O)Nc1ccc(C[C@H]2C(=O)N(Cc3cccc4ccccc34)CC3N2C(=O)CN(C)N3C=O)cc1)OCC.CNCc1ccccc1. The van der Waals surface area contributed by atoms with E-state index in [1.54, 1.807) is 55.1 Å². The first-order valence-corrected chi connectivity index (χ1v) is 20.8. The van der Waals surface area contributed by atoms with Crippen molar-refractivity contribution in [3.8, 4) is 0 Å². The zero-order valence-electron chi connectivity index (χ0n) is 33.2. The highest BCUT2D eigenvalue weighted by Gasteiger charge is 2.49. The molecule has 0 bridgehead atoms. The Morgan fingerprint density at radius 2 is 1.52 bits per heavy atom. The van der Waals surface area contributed by atoms with Crippen LogP contribution in [0.25, 0.3) is 10.8 Å². The van der Waals surface area contributed by atoms with Gasteiger partial charge in [0.25, 0.3) is 0 Å². The summed E-state index contributed by atoms with van der Waals surface area (Å²) in [6.45, 7) is 9.09. The fraction of sp³-hybridized carbons (Fsp3) is 0.381. The first-order chi connectivity index (χ1) is 27.1. The third-order valence-electron chi connectivity index (χ3n) is 9.22. The first kappa shape index (κ1) is 43.8. The summed E-state index contributed by atoms with van der Waals surface area (Å²) in [4.78, 5) is 55.5. The summed E-state index contributed by atoms with van der Waals surface area (Å²) in [6, 6.07) is 30.3. The standard InChI is InChI=1S/C32H38N5O7P.C8H11N.C2H6/c1-4-43-45(42,44-5-2)21-29(39)33-26-15-13-23(14-16-26)17-28-32(41)35(18-25-11-8-10-24-9-6-7-12-27(24)25)19-30-36(22-38)34(3)20-31(40)37(28)30;1-9-7-8-5-3-2-4-6-8;1-2/h6-16,22,28,30H,4-5,17-21H2,1-3H3,(H,33,39);2-6,9H,7H2,1H3;1-2H3/t28-,30?;;/m0../s1. The molecule has 2 heterocycles. The van der Waals surface area contributed by atoms with Crippen molar-refractivity contribution >= 4 is 48.2 Å². The average Bonchev–Trinajstić information content (AvgIpc) is 3.19. The molecular formula is C42H55N6O7P. The molecule has 4 aromatic carbocycles. The van der Waals surface area contributed by atoms with Gasteiger partial charge in [0, 0.05) is 32.2 Å². The molecule has 0 aromatic heterocycles. The van der Waals surface area contributed by atoms with Gasteiger partial charge in [-0.15, -0.1) is 0 Å².